The Bertz CT molecular complexity index is 603. The van der Waals surface area contributed by atoms with Gasteiger partial charge in [-0.1, -0.05) is 0 Å². The quantitative estimate of drug-likeness (QED) is 0.844. The van der Waals surface area contributed by atoms with Gasteiger partial charge in [0.2, 0.25) is 0 Å². The molecule has 1 atom stereocenters. The molecule has 19 heavy (non-hydrogen) atoms. The average molecular weight is 276 g/mol. The summed E-state index contributed by atoms with van der Waals surface area (Å²) in [5, 5.41) is 4.20. The zero-order valence-corrected chi connectivity index (χ0v) is 11.9. The molecule has 2 aromatic heterocycles. The van der Waals surface area contributed by atoms with Gasteiger partial charge in [0.05, 0.1) is 23.4 Å². The molecule has 0 bridgehead atoms. The van der Waals surface area contributed by atoms with Crippen LogP contribution in [0.15, 0.2) is 17.9 Å². The second-order valence-corrected chi connectivity index (χ2v) is 5.73. The second-order valence-electron chi connectivity index (χ2n) is 4.87. The third-order valence-corrected chi connectivity index (χ3v) is 4.48. The van der Waals surface area contributed by atoms with Gasteiger partial charge in [0.25, 0.3) is 5.91 Å². The number of likely N-dealkylation sites (tertiary alicyclic amines) is 1. The van der Waals surface area contributed by atoms with Crippen LogP contribution in [0.2, 0.25) is 0 Å². The SMILES string of the molecule is Cc1ncsc1C(=O)N1CCCC1c1cnn(C)c1. The minimum atomic E-state index is 0.103. The third-order valence-electron chi connectivity index (χ3n) is 3.56. The van der Waals surface area contributed by atoms with Crippen LogP contribution in [0.5, 0.6) is 0 Å². The normalized spacial score (nSPS) is 19.1. The molecule has 1 aliphatic heterocycles. The highest BCUT2D eigenvalue weighted by molar-refractivity contribution is 7.11. The lowest BCUT2D eigenvalue weighted by Crippen LogP contribution is -2.30. The van der Waals surface area contributed by atoms with Gasteiger partial charge in [0.15, 0.2) is 0 Å². The zero-order valence-electron chi connectivity index (χ0n) is 11.0. The second kappa shape index (κ2) is 4.77. The van der Waals surface area contributed by atoms with Crippen LogP contribution in [0, 0.1) is 6.92 Å². The van der Waals surface area contributed by atoms with Crippen molar-refractivity contribution in [1.82, 2.24) is 19.7 Å². The molecule has 2 aromatic rings. The molecule has 0 spiro atoms. The van der Waals surface area contributed by atoms with Crippen LogP contribution in [0.3, 0.4) is 0 Å². The van der Waals surface area contributed by atoms with Gasteiger partial charge >= 0.3 is 0 Å². The molecule has 0 aromatic carbocycles. The fourth-order valence-corrected chi connectivity index (χ4v) is 3.36. The smallest absolute Gasteiger partial charge is 0.266 e. The molecule has 5 nitrogen and oxygen atoms in total. The fourth-order valence-electron chi connectivity index (χ4n) is 2.61. The van der Waals surface area contributed by atoms with Crippen LogP contribution in [-0.4, -0.2) is 32.1 Å². The maximum Gasteiger partial charge on any atom is 0.266 e. The summed E-state index contributed by atoms with van der Waals surface area (Å²) < 4.78 is 1.79. The summed E-state index contributed by atoms with van der Waals surface area (Å²) in [4.78, 5) is 19.5. The van der Waals surface area contributed by atoms with Crippen LogP contribution < -0.4 is 0 Å². The van der Waals surface area contributed by atoms with E-state index in [0.29, 0.717) is 0 Å². The van der Waals surface area contributed by atoms with E-state index in [1.54, 1.807) is 10.2 Å². The van der Waals surface area contributed by atoms with Gasteiger partial charge in [-0.05, 0) is 19.8 Å². The molecule has 3 heterocycles. The zero-order chi connectivity index (χ0) is 13.4. The van der Waals surface area contributed by atoms with Crippen LogP contribution in [0.1, 0.15) is 39.8 Å². The number of carbonyl (C=O) groups is 1. The number of carbonyl (C=O) groups excluding carboxylic acids is 1. The van der Waals surface area contributed by atoms with Gasteiger partial charge in [0, 0.05) is 25.4 Å². The highest BCUT2D eigenvalue weighted by Gasteiger charge is 2.32. The predicted molar refractivity (Wildman–Crippen MR) is 73.1 cm³/mol. The summed E-state index contributed by atoms with van der Waals surface area (Å²) >= 11 is 1.42. The standard InChI is InChI=1S/C13H16N4OS/c1-9-12(19-8-14-9)13(18)17-5-3-4-11(17)10-6-15-16(2)7-10/h6-8,11H,3-5H2,1-2H3. The Kier molecular flexibility index (Phi) is 3.10. The number of nitrogens with zero attached hydrogens (tertiary/aromatic N) is 4. The maximum absolute atomic E-state index is 12.6. The van der Waals surface area contributed by atoms with E-state index in [-0.39, 0.29) is 11.9 Å². The fraction of sp³-hybridized carbons (Fsp3) is 0.462. The van der Waals surface area contributed by atoms with Crippen molar-refractivity contribution >= 4 is 17.2 Å². The topological polar surface area (TPSA) is 51.0 Å². The minimum Gasteiger partial charge on any atom is -0.331 e. The molecule has 0 aliphatic carbocycles. The van der Waals surface area contributed by atoms with Crippen molar-refractivity contribution in [1.29, 1.82) is 0 Å². The van der Waals surface area contributed by atoms with Gasteiger partial charge < -0.3 is 4.90 Å². The van der Waals surface area contributed by atoms with E-state index in [4.69, 9.17) is 0 Å². The van der Waals surface area contributed by atoms with E-state index < -0.39 is 0 Å². The van der Waals surface area contributed by atoms with Gasteiger partial charge in [-0.3, -0.25) is 9.48 Å². The Hall–Kier alpha value is -1.69. The third kappa shape index (κ3) is 2.16. The van der Waals surface area contributed by atoms with Crippen molar-refractivity contribution in [2.45, 2.75) is 25.8 Å². The number of aryl methyl sites for hydroxylation is 2. The van der Waals surface area contributed by atoms with E-state index in [0.717, 1.165) is 35.5 Å². The van der Waals surface area contributed by atoms with E-state index in [9.17, 15) is 4.79 Å². The summed E-state index contributed by atoms with van der Waals surface area (Å²) in [5.41, 5.74) is 3.68. The average Bonchev–Trinajstić information content (AvgIpc) is 3.07. The first-order valence-electron chi connectivity index (χ1n) is 6.36. The largest absolute Gasteiger partial charge is 0.331 e. The lowest BCUT2D eigenvalue weighted by atomic mass is 10.1. The molecule has 0 N–H and O–H groups in total. The molecule has 1 aliphatic rings. The molecular formula is C13H16N4OS. The summed E-state index contributed by atoms with van der Waals surface area (Å²) in [6.07, 6.45) is 5.91. The minimum absolute atomic E-state index is 0.103. The van der Waals surface area contributed by atoms with Crippen molar-refractivity contribution in [3.63, 3.8) is 0 Å². The first kappa shape index (κ1) is 12.3. The maximum atomic E-state index is 12.6. The van der Waals surface area contributed by atoms with E-state index in [2.05, 4.69) is 10.1 Å². The summed E-state index contributed by atoms with van der Waals surface area (Å²) in [5.74, 6) is 0.103. The van der Waals surface area contributed by atoms with Crippen LogP contribution >= 0.6 is 11.3 Å². The molecular weight excluding hydrogens is 260 g/mol. The monoisotopic (exact) mass is 276 g/mol. The Morgan fingerprint density at radius 2 is 2.37 bits per heavy atom. The molecule has 1 unspecified atom stereocenters. The number of rotatable bonds is 2. The van der Waals surface area contributed by atoms with Crippen molar-refractivity contribution in [2.75, 3.05) is 6.54 Å². The summed E-state index contributed by atoms with van der Waals surface area (Å²) in [6, 6.07) is 0.155. The van der Waals surface area contributed by atoms with Crippen molar-refractivity contribution in [3.8, 4) is 0 Å². The van der Waals surface area contributed by atoms with E-state index >= 15 is 0 Å². The number of thiazole rings is 1. The molecule has 0 saturated carbocycles. The lowest BCUT2D eigenvalue weighted by molar-refractivity contribution is 0.0739. The Balaban J connectivity index is 1.88. The number of amides is 1. The van der Waals surface area contributed by atoms with Crippen molar-refractivity contribution in [2.24, 2.45) is 7.05 Å². The van der Waals surface area contributed by atoms with Crippen LogP contribution in [0.25, 0.3) is 0 Å². The van der Waals surface area contributed by atoms with Gasteiger partial charge in [0.1, 0.15) is 4.88 Å². The van der Waals surface area contributed by atoms with Crippen molar-refractivity contribution < 1.29 is 4.79 Å². The first-order chi connectivity index (χ1) is 9.16. The Morgan fingerprint density at radius 1 is 1.53 bits per heavy atom. The lowest BCUT2D eigenvalue weighted by Gasteiger charge is -2.23. The highest BCUT2D eigenvalue weighted by Crippen LogP contribution is 2.33. The number of hydrogen-bond donors (Lipinski definition) is 0. The summed E-state index contributed by atoms with van der Waals surface area (Å²) in [7, 11) is 1.90. The van der Waals surface area contributed by atoms with Gasteiger partial charge in [-0.2, -0.15) is 5.10 Å². The van der Waals surface area contributed by atoms with Crippen molar-refractivity contribution in [3.05, 3.63) is 34.0 Å². The molecule has 6 heteroatoms. The van der Waals surface area contributed by atoms with E-state index in [1.165, 1.54) is 11.3 Å². The Labute approximate surface area is 115 Å². The Morgan fingerprint density at radius 3 is 3.00 bits per heavy atom. The first-order valence-corrected chi connectivity index (χ1v) is 7.24. The molecule has 0 radical (unpaired) electrons. The van der Waals surface area contributed by atoms with Gasteiger partial charge in [-0.15, -0.1) is 11.3 Å². The number of hydrogen-bond acceptors (Lipinski definition) is 4. The van der Waals surface area contributed by atoms with Gasteiger partial charge in [-0.25, -0.2) is 4.98 Å². The molecule has 1 fully saturated rings. The number of aromatic nitrogens is 3. The van der Waals surface area contributed by atoms with Crippen LogP contribution in [-0.2, 0) is 7.05 Å². The predicted octanol–water partition coefficient (Wildman–Crippen LogP) is 2.16. The molecule has 100 valence electrons. The molecule has 1 saturated heterocycles. The summed E-state index contributed by atoms with van der Waals surface area (Å²) in [6.45, 7) is 2.70. The highest BCUT2D eigenvalue weighted by atomic mass is 32.1. The van der Waals surface area contributed by atoms with E-state index in [1.807, 2.05) is 31.3 Å². The molecule has 3 rings (SSSR count). The molecule has 1 amide bonds. The van der Waals surface area contributed by atoms with Crippen LogP contribution in [0.4, 0.5) is 0 Å².